The van der Waals surface area contributed by atoms with Crippen molar-refractivity contribution in [1.82, 2.24) is 14.8 Å². The summed E-state index contributed by atoms with van der Waals surface area (Å²) in [4.78, 5) is 20.4. The van der Waals surface area contributed by atoms with E-state index in [1.165, 1.54) is 0 Å². The van der Waals surface area contributed by atoms with Crippen molar-refractivity contribution in [2.75, 3.05) is 39.4 Å². The van der Waals surface area contributed by atoms with Crippen LogP contribution in [0.3, 0.4) is 0 Å². The average Bonchev–Trinajstić information content (AvgIpc) is 2.58. The van der Waals surface area contributed by atoms with Crippen LogP contribution in [0.15, 0.2) is 36.4 Å². The Morgan fingerprint density at radius 2 is 1.87 bits per heavy atom. The third-order valence-corrected chi connectivity index (χ3v) is 4.26. The molecular formula is C17H19N3O3. The van der Waals surface area contributed by atoms with Crippen LogP contribution < -0.4 is 4.74 Å². The van der Waals surface area contributed by atoms with Crippen LogP contribution in [-0.4, -0.2) is 66.3 Å². The highest BCUT2D eigenvalue weighted by atomic mass is 16.5. The van der Waals surface area contributed by atoms with Crippen molar-refractivity contribution in [3.05, 3.63) is 36.4 Å². The molecule has 3 heterocycles. The van der Waals surface area contributed by atoms with Gasteiger partial charge in [-0.25, -0.2) is 9.78 Å². The van der Waals surface area contributed by atoms with Crippen LogP contribution in [-0.2, 0) is 4.74 Å². The molecule has 0 unspecified atom stereocenters. The van der Waals surface area contributed by atoms with Gasteiger partial charge in [0, 0.05) is 24.5 Å². The molecule has 0 bridgehead atoms. The number of morpholine rings is 1. The maximum absolute atomic E-state index is 12.3. The lowest BCUT2D eigenvalue weighted by atomic mass is 10.2. The molecule has 0 N–H and O–H groups in total. The van der Waals surface area contributed by atoms with E-state index in [1.807, 2.05) is 46.2 Å². The minimum absolute atomic E-state index is 0.0219. The van der Waals surface area contributed by atoms with Gasteiger partial charge >= 0.3 is 6.03 Å². The molecule has 4 rings (SSSR count). The van der Waals surface area contributed by atoms with E-state index in [0.29, 0.717) is 45.3 Å². The average molecular weight is 313 g/mol. The molecular weight excluding hydrogens is 294 g/mol. The fourth-order valence-corrected chi connectivity index (χ4v) is 2.91. The monoisotopic (exact) mass is 313 g/mol. The number of rotatable bonds is 2. The van der Waals surface area contributed by atoms with Gasteiger partial charge in [-0.1, -0.05) is 18.2 Å². The summed E-state index contributed by atoms with van der Waals surface area (Å²) < 4.78 is 11.1. The van der Waals surface area contributed by atoms with E-state index in [0.717, 1.165) is 10.9 Å². The van der Waals surface area contributed by atoms with Crippen LogP contribution in [0.2, 0.25) is 0 Å². The Hall–Kier alpha value is -2.34. The van der Waals surface area contributed by atoms with Crippen LogP contribution in [0.4, 0.5) is 4.79 Å². The zero-order chi connectivity index (χ0) is 15.6. The molecule has 2 fully saturated rings. The lowest BCUT2D eigenvalue weighted by Gasteiger charge is -2.42. The van der Waals surface area contributed by atoms with Crippen molar-refractivity contribution in [2.45, 2.75) is 6.10 Å². The smallest absolute Gasteiger partial charge is 0.320 e. The van der Waals surface area contributed by atoms with Crippen LogP contribution in [0.1, 0.15) is 0 Å². The largest absolute Gasteiger partial charge is 0.471 e. The maximum atomic E-state index is 12.3. The fraction of sp³-hybridized carbons (Fsp3) is 0.412. The molecule has 1 aromatic heterocycles. The predicted molar refractivity (Wildman–Crippen MR) is 85.5 cm³/mol. The number of amides is 2. The first kappa shape index (κ1) is 14.3. The molecule has 2 aliphatic rings. The van der Waals surface area contributed by atoms with E-state index >= 15 is 0 Å². The highest BCUT2D eigenvalue weighted by Crippen LogP contribution is 2.21. The molecule has 6 nitrogen and oxygen atoms in total. The van der Waals surface area contributed by atoms with E-state index in [1.54, 1.807) is 0 Å². The van der Waals surface area contributed by atoms with E-state index in [9.17, 15) is 4.79 Å². The minimum atomic E-state index is 0.0219. The van der Waals surface area contributed by atoms with Crippen molar-refractivity contribution in [3.63, 3.8) is 0 Å². The van der Waals surface area contributed by atoms with Crippen molar-refractivity contribution in [3.8, 4) is 5.88 Å². The molecule has 0 atom stereocenters. The Bertz CT molecular complexity index is 709. The Kier molecular flexibility index (Phi) is 3.75. The zero-order valence-electron chi connectivity index (χ0n) is 12.9. The van der Waals surface area contributed by atoms with Crippen LogP contribution in [0, 0.1) is 0 Å². The molecule has 6 heteroatoms. The Morgan fingerprint density at radius 1 is 1.09 bits per heavy atom. The van der Waals surface area contributed by atoms with Gasteiger partial charge in [-0.15, -0.1) is 0 Å². The molecule has 0 spiro atoms. The van der Waals surface area contributed by atoms with Crippen LogP contribution >= 0.6 is 0 Å². The number of ether oxygens (including phenoxy) is 2. The molecule has 120 valence electrons. The molecule has 0 radical (unpaired) electrons. The highest BCUT2D eigenvalue weighted by Gasteiger charge is 2.35. The topological polar surface area (TPSA) is 54.9 Å². The van der Waals surface area contributed by atoms with Gasteiger partial charge in [0.05, 0.1) is 31.8 Å². The summed E-state index contributed by atoms with van der Waals surface area (Å²) in [6, 6.07) is 11.9. The number of likely N-dealkylation sites (tertiary alicyclic amines) is 1. The maximum Gasteiger partial charge on any atom is 0.320 e. The predicted octanol–water partition coefficient (Wildman–Crippen LogP) is 1.75. The van der Waals surface area contributed by atoms with Gasteiger partial charge in [-0.3, -0.25) is 0 Å². The quantitative estimate of drug-likeness (QED) is 0.847. The van der Waals surface area contributed by atoms with Gasteiger partial charge in [0.2, 0.25) is 5.88 Å². The van der Waals surface area contributed by atoms with E-state index < -0.39 is 0 Å². The number of urea groups is 1. The molecule has 0 aliphatic carbocycles. The first-order valence-corrected chi connectivity index (χ1v) is 7.94. The SMILES string of the molecule is O=C(N1CCOCC1)N1CC(Oc2ccc3ccccc3n2)C1. The van der Waals surface area contributed by atoms with Crippen molar-refractivity contribution in [2.24, 2.45) is 0 Å². The number of fused-ring (bicyclic) bond motifs is 1. The normalized spacial score (nSPS) is 18.8. The lowest BCUT2D eigenvalue weighted by molar-refractivity contribution is 0.00601. The van der Waals surface area contributed by atoms with Crippen molar-refractivity contribution >= 4 is 16.9 Å². The zero-order valence-corrected chi connectivity index (χ0v) is 12.9. The van der Waals surface area contributed by atoms with Crippen molar-refractivity contribution in [1.29, 1.82) is 0 Å². The van der Waals surface area contributed by atoms with Gasteiger partial charge in [0.15, 0.2) is 0 Å². The summed E-state index contributed by atoms with van der Waals surface area (Å²) in [6.45, 7) is 3.83. The van der Waals surface area contributed by atoms with Crippen molar-refractivity contribution < 1.29 is 14.3 Å². The Labute approximate surface area is 134 Å². The third-order valence-electron chi connectivity index (χ3n) is 4.26. The summed E-state index contributed by atoms with van der Waals surface area (Å²) in [6.07, 6.45) is 0.0219. The number of pyridine rings is 1. The molecule has 2 aliphatic heterocycles. The van der Waals surface area contributed by atoms with Crippen LogP contribution in [0.5, 0.6) is 5.88 Å². The third kappa shape index (κ3) is 2.94. The number of aromatic nitrogens is 1. The number of carbonyl (C=O) groups excluding carboxylic acids is 1. The molecule has 1 aromatic carbocycles. The molecule has 0 saturated carbocycles. The van der Waals surface area contributed by atoms with Gasteiger partial charge in [-0.2, -0.15) is 0 Å². The number of carbonyl (C=O) groups is 1. The molecule has 2 saturated heterocycles. The highest BCUT2D eigenvalue weighted by molar-refractivity contribution is 5.78. The van der Waals surface area contributed by atoms with E-state index in [-0.39, 0.29) is 12.1 Å². The van der Waals surface area contributed by atoms with Crippen LogP contribution in [0.25, 0.3) is 10.9 Å². The second-order valence-corrected chi connectivity index (χ2v) is 5.87. The number of para-hydroxylation sites is 1. The molecule has 23 heavy (non-hydrogen) atoms. The van der Waals surface area contributed by atoms with Gasteiger partial charge < -0.3 is 19.3 Å². The lowest BCUT2D eigenvalue weighted by Crippen LogP contribution is -2.60. The Morgan fingerprint density at radius 3 is 2.70 bits per heavy atom. The molecule has 2 amide bonds. The fourth-order valence-electron chi connectivity index (χ4n) is 2.91. The van der Waals surface area contributed by atoms with Gasteiger partial charge in [-0.05, 0) is 12.1 Å². The number of benzene rings is 1. The number of hydrogen-bond donors (Lipinski definition) is 0. The van der Waals surface area contributed by atoms with Gasteiger partial charge in [0.25, 0.3) is 0 Å². The number of hydrogen-bond acceptors (Lipinski definition) is 4. The summed E-state index contributed by atoms with van der Waals surface area (Å²) in [7, 11) is 0. The molecule has 2 aromatic rings. The minimum Gasteiger partial charge on any atom is -0.471 e. The Balaban J connectivity index is 1.33. The summed E-state index contributed by atoms with van der Waals surface area (Å²) in [5.41, 5.74) is 0.922. The second kappa shape index (κ2) is 6.04. The number of nitrogens with zero attached hydrogens (tertiary/aromatic N) is 3. The standard InChI is InChI=1S/C17H19N3O3/c21-17(19-7-9-22-10-8-19)20-11-14(12-20)23-16-6-5-13-3-1-2-4-15(13)18-16/h1-6,14H,7-12H2. The first-order valence-electron chi connectivity index (χ1n) is 7.94. The van der Waals surface area contributed by atoms with E-state index in [2.05, 4.69) is 4.98 Å². The van der Waals surface area contributed by atoms with Gasteiger partial charge in [0.1, 0.15) is 6.10 Å². The first-order chi connectivity index (χ1) is 11.3. The van der Waals surface area contributed by atoms with E-state index in [4.69, 9.17) is 9.47 Å². The summed E-state index contributed by atoms with van der Waals surface area (Å²) in [5, 5.41) is 1.09. The second-order valence-electron chi connectivity index (χ2n) is 5.87. The summed E-state index contributed by atoms with van der Waals surface area (Å²) >= 11 is 0. The summed E-state index contributed by atoms with van der Waals surface area (Å²) in [5.74, 6) is 0.618.